The van der Waals surface area contributed by atoms with E-state index in [-0.39, 0.29) is 16.9 Å². The number of likely N-dealkylation sites (tertiary alicyclic amines) is 2. The van der Waals surface area contributed by atoms with Gasteiger partial charge in [-0.05, 0) is 31.0 Å². The summed E-state index contributed by atoms with van der Waals surface area (Å²) in [6.07, 6.45) is 2.91. The molecule has 3 N–H and O–H groups in total. The highest BCUT2D eigenvalue weighted by Gasteiger charge is 2.47. The number of primary amides is 1. The lowest BCUT2D eigenvalue weighted by molar-refractivity contribution is -0.0205. The van der Waals surface area contributed by atoms with Crippen molar-refractivity contribution in [3.05, 3.63) is 40.9 Å². The minimum absolute atomic E-state index is 0.0936. The first-order valence-electron chi connectivity index (χ1n) is 12.4. The van der Waals surface area contributed by atoms with Gasteiger partial charge >= 0.3 is 6.03 Å². The summed E-state index contributed by atoms with van der Waals surface area (Å²) in [5.41, 5.74) is 12.1. The highest BCUT2D eigenvalue weighted by atomic mass is 32.2. The molecule has 3 aliphatic heterocycles. The average Bonchev–Trinajstić information content (AvgIpc) is 3.60. The number of nitrogens with one attached hydrogen (secondary N) is 1. The van der Waals surface area contributed by atoms with Crippen LogP contribution in [0.25, 0.3) is 11.3 Å². The van der Waals surface area contributed by atoms with E-state index >= 15 is 0 Å². The number of aromatic nitrogens is 3. The van der Waals surface area contributed by atoms with Crippen LogP contribution in [0.4, 0.5) is 15.7 Å². The second-order valence-corrected chi connectivity index (χ2v) is 11.9. The van der Waals surface area contributed by atoms with Gasteiger partial charge in [0.2, 0.25) is 0 Å². The van der Waals surface area contributed by atoms with Gasteiger partial charge in [0, 0.05) is 44.2 Å². The summed E-state index contributed by atoms with van der Waals surface area (Å²) >= 11 is 3.13. The second kappa shape index (κ2) is 9.24. The Hall–Kier alpha value is -3.27. The van der Waals surface area contributed by atoms with Crippen molar-refractivity contribution in [1.29, 1.82) is 5.26 Å². The average molecular weight is 536 g/mol. The van der Waals surface area contributed by atoms with Crippen LogP contribution in [0, 0.1) is 16.7 Å². The molecule has 192 valence electrons. The molecule has 0 saturated carbocycles. The van der Waals surface area contributed by atoms with Crippen molar-refractivity contribution < 1.29 is 4.79 Å². The number of hydrogen-bond donors (Lipinski definition) is 2. The van der Waals surface area contributed by atoms with Gasteiger partial charge in [-0.25, -0.2) is 19.4 Å². The minimum Gasteiger partial charge on any atom is -0.351 e. The fraction of sp³-hybridized carbons (Fsp3) is 0.440. The molecule has 1 aromatic carbocycles. The van der Waals surface area contributed by atoms with Crippen LogP contribution in [0.1, 0.15) is 30.3 Å². The van der Waals surface area contributed by atoms with Crippen LogP contribution in [0.3, 0.4) is 0 Å². The second-order valence-electron chi connectivity index (χ2n) is 9.89. The first-order chi connectivity index (χ1) is 17.9. The summed E-state index contributed by atoms with van der Waals surface area (Å²) in [4.78, 5) is 28.1. The van der Waals surface area contributed by atoms with E-state index in [0.29, 0.717) is 10.6 Å². The lowest BCUT2D eigenvalue weighted by Gasteiger charge is -2.53. The summed E-state index contributed by atoms with van der Waals surface area (Å²) in [6, 6.07) is 11.8. The summed E-state index contributed by atoms with van der Waals surface area (Å²) in [5.74, 6) is 0.954. The van der Waals surface area contributed by atoms with Crippen LogP contribution in [-0.4, -0.2) is 69.2 Å². The third-order valence-electron chi connectivity index (χ3n) is 7.61. The van der Waals surface area contributed by atoms with Gasteiger partial charge in [-0.15, -0.1) is 0 Å². The monoisotopic (exact) mass is 535 g/mol. The van der Waals surface area contributed by atoms with Crippen molar-refractivity contribution in [2.45, 2.75) is 36.8 Å². The zero-order valence-electron chi connectivity index (χ0n) is 20.8. The van der Waals surface area contributed by atoms with E-state index in [1.807, 2.05) is 42.3 Å². The lowest BCUT2D eigenvalue weighted by Crippen LogP contribution is -2.63. The zero-order chi connectivity index (χ0) is 25.7. The van der Waals surface area contributed by atoms with Crippen LogP contribution in [0.15, 0.2) is 35.5 Å². The number of nitrogens with two attached hydrogens (primary N) is 1. The molecule has 5 heterocycles. The first-order valence-corrected chi connectivity index (χ1v) is 14.1. The molecule has 1 atom stereocenters. The van der Waals surface area contributed by atoms with Crippen molar-refractivity contribution in [2.75, 3.05) is 43.6 Å². The third-order valence-corrected chi connectivity index (χ3v) is 9.76. The van der Waals surface area contributed by atoms with Crippen LogP contribution in [0.5, 0.6) is 0 Å². The number of carbonyl (C=O) groups excluding carboxylic acids is 1. The molecule has 2 amide bonds. The highest BCUT2D eigenvalue weighted by molar-refractivity contribution is 8.00. The quantitative estimate of drug-likeness (QED) is 0.509. The van der Waals surface area contributed by atoms with E-state index in [1.165, 1.54) is 11.3 Å². The fourth-order valence-electron chi connectivity index (χ4n) is 5.48. The fourth-order valence-corrected chi connectivity index (χ4v) is 7.46. The number of piperidine rings is 1. The molecule has 1 unspecified atom stereocenters. The first kappa shape index (κ1) is 24.1. The number of urea groups is 1. The van der Waals surface area contributed by atoms with Gasteiger partial charge in [0.05, 0.1) is 5.69 Å². The Balaban J connectivity index is 1.20. The molecule has 2 saturated heterocycles. The predicted octanol–water partition coefficient (Wildman–Crippen LogP) is 3.62. The molecule has 0 radical (unpaired) electrons. The summed E-state index contributed by atoms with van der Waals surface area (Å²) in [7, 11) is 1.99. The minimum atomic E-state index is -0.312. The van der Waals surface area contributed by atoms with Gasteiger partial charge in [0.15, 0.2) is 16.1 Å². The molecule has 3 aromatic rings. The Bertz CT molecular complexity index is 1360. The summed E-state index contributed by atoms with van der Waals surface area (Å²) < 4.78 is 2.08. The van der Waals surface area contributed by atoms with Crippen molar-refractivity contribution in [3.63, 3.8) is 0 Å². The molecule has 3 aliphatic rings. The number of imidazole rings is 1. The Kier molecular flexibility index (Phi) is 6.01. The lowest BCUT2D eigenvalue weighted by atomic mass is 9.72. The van der Waals surface area contributed by atoms with Gasteiger partial charge in [-0.2, -0.15) is 5.26 Å². The third kappa shape index (κ3) is 4.11. The summed E-state index contributed by atoms with van der Waals surface area (Å²) in [5, 5.41) is 11.5. The highest BCUT2D eigenvalue weighted by Crippen LogP contribution is 2.44. The van der Waals surface area contributed by atoms with Crippen LogP contribution in [0.2, 0.25) is 0 Å². The van der Waals surface area contributed by atoms with Crippen molar-refractivity contribution >= 4 is 40.1 Å². The van der Waals surface area contributed by atoms with Crippen molar-refractivity contribution in [1.82, 2.24) is 24.4 Å². The maximum atomic E-state index is 11.4. The number of hydrogen-bond acceptors (Lipinski definition) is 9. The number of aryl methyl sites for hydroxylation is 1. The van der Waals surface area contributed by atoms with Gasteiger partial charge in [0.25, 0.3) is 0 Å². The molecular weight excluding hydrogens is 506 g/mol. The van der Waals surface area contributed by atoms with E-state index in [9.17, 15) is 10.1 Å². The molecule has 2 fully saturated rings. The number of thiazole rings is 1. The normalized spacial score (nSPS) is 20.2. The van der Waals surface area contributed by atoms with Crippen molar-refractivity contribution in [3.8, 4) is 17.3 Å². The van der Waals surface area contributed by atoms with Crippen LogP contribution < -0.4 is 16.1 Å². The van der Waals surface area contributed by atoms with E-state index in [4.69, 9.17) is 15.7 Å². The molecular formula is C25H29N9OS2. The number of nitriles is 1. The number of benzene rings is 1. The maximum Gasteiger partial charge on any atom is 0.314 e. The predicted molar refractivity (Wildman–Crippen MR) is 145 cm³/mol. The number of thioether (sulfide) groups is 1. The molecule has 2 aromatic heterocycles. The molecule has 6 rings (SSSR count). The maximum absolute atomic E-state index is 11.4. The van der Waals surface area contributed by atoms with E-state index in [2.05, 4.69) is 28.0 Å². The standard InChI is InChI=1S/C25H29N9OS2/c1-3-17-20(31(2)22-29-19(18(13-26)36-22)16-7-5-4-6-8-16)34-23(28-17)37-24(30-34)32-11-9-25(10-12-32)14-33(15-25)21(27)35/h4-8,24,30H,3,9-12,14-15H2,1-2H3,(H2,27,35). The largest absolute Gasteiger partial charge is 0.351 e. The smallest absolute Gasteiger partial charge is 0.314 e. The van der Waals surface area contributed by atoms with Crippen molar-refractivity contribution in [2.24, 2.45) is 11.1 Å². The Morgan fingerprint density at radius 2 is 2.00 bits per heavy atom. The van der Waals surface area contributed by atoms with Gasteiger partial charge in [0.1, 0.15) is 22.1 Å². The van der Waals surface area contributed by atoms with Crippen LogP contribution in [-0.2, 0) is 6.42 Å². The summed E-state index contributed by atoms with van der Waals surface area (Å²) in [6.45, 7) is 5.59. The number of rotatable bonds is 5. The number of fused-ring (bicyclic) bond motifs is 1. The van der Waals surface area contributed by atoms with Crippen LogP contribution >= 0.6 is 23.1 Å². The molecule has 37 heavy (non-hydrogen) atoms. The number of nitrogens with zero attached hydrogens (tertiary/aromatic N) is 7. The Labute approximate surface area is 224 Å². The van der Waals surface area contributed by atoms with Gasteiger partial charge in [-0.3, -0.25) is 10.3 Å². The topological polar surface area (TPSA) is 119 Å². The van der Waals surface area contributed by atoms with E-state index < -0.39 is 0 Å². The van der Waals surface area contributed by atoms with Gasteiger partial charge < -0.3 is 15.5 Å². The molecule has 0 aliphatic carbocycles. The molecule has 0 bridgehead atoms. The number of anilines is 2. The number of amides is 2. The molecule has 10 nitrogen and oxygen atoms in total. The molecule has 12 heteroatoms. The zero-order valence-corrected chi connectivity index (χ0v) is 22.5. The van der Waals surface area contributed by atoms with E-state index in [0.717, 1.165) is 72.8 Å². The Morgan fingerprint density at radius 3 is 2.65 bits per heavy atom. The SMILES string of the molecule is CCc1nc2n(c1N(C)c1nc(-c3ccccc3)c(C#N)s1)NC(N1CCC3(CC1)CN(C(N)=O)C3)S2. The van der Waals surface area contributed by atoms with Gasteiger partial charge in [-0.1, -0.05) is 48.6 Å². The molecule has 1 spiro atoms. The van der Waals surface area contributed by atoms with E-state index in [1.54, 1.807) is 16.7 Å². The number of carbonyl (C=O) groups is 1. The Morgan fingerprint density at radius 1 is 1.27 bits per heavy atom.